The highest BCUT2D eigenvalue weighted by Gasteiger charge is 2.23. The molecule has 0 amide bonds. The predicted octanol–water partition coefficient (Wildman–Crippen LogP) is 4.97. The van der Waals surface area contributed by atoms with E-state index in [2.05, 4.69) is 10.2 Å². The van der Waals surface area contributed by atoms with Crippen LogP contribution in [0.3, 0.4) is 0 Å². The summed E-state index contributed by atoms with van der Waals surface area (Å²) in [6, 6.07) is 14.5. The summed E-state index contributed by atoms with van der Waals surface area (Å²) in [5, 5.41) is 40.8. The zero-order valence-corrected chi connectivity index (χ0v) is 16.3. The van der Waals surface area contributed by atoms with Gasteiger partial charge in [-0.2, -0.15) is 8.42 Å². The molecule has 3 N–H and O–H groups in total. The highest BCUT2D eigenvalue weighted by molar-refractivity contribution is 7.86. The van der Waals surface area contributed by atoms with E-state index in [1.165, 1.54) is 12.1 Å². The van der Waals surface area contributed by atoms with Crippen LogP contribution >= 0.6 is 0 Å². The van der Waals surface area contributed by atoms with Crippen molar-refractivity contribution in [3.05, 3.63) is 70.8 Å². The van der Waals surface area contributed by atoms with Crippen LogP contribution in [0.2, 0.25) is 0 Å². The Morgan fingerprint density at radius 1 is 0.839 bits per heavy atom. The Kier molecular flexibility index (Phi) is 4.76. The van der Waals surface area contributed by atoms with Crippen molar-refractivity contribution in [1.82, 2.24) is 0 Å². The average Bonchev–Trinajstić information content (AvgIpc) is 2.71. The molecule has 0 saturated heterocycles. The third-order valence-corrected chi connectivity index (χ3v) is 5.59. The van der Waals surface area contributed by atoms with Gasteiger partial charge in [0, 0.05) is 34.4 Å². The van der Waals surface area contributed by atoms with Crippen LogP contribution in [0, 0.1) is 10.1 Å². The SMILES string of the molecule is O=[N+]([O-])c1ccc2c(N=Nc3ccc4ccccc4c3O)cc(O)c(S(=O)(=O)O)c2c1. The molecule has 0 spiro atoms. The first-order valence-corrected chi connectivity index (χ1v) is 10.1. The van der Waals surface area contributed by atoms with E-state index in [1.807, 2.05) is 12.1 Å². The van der Waals surface area contributed by atoms with Gasteiger partial charge >= 0.3 is 0 Å². The van der Waals surface area contributed by atoms with Crippen LogP contribution in [0.4, 0.5) is 17.1 Å². The van der Waals surface area contributed by atoms with Crippen LogP contribution in [-0.4, -0.2) is 28.1 Å². The lowest BCUT2D eigenvalue weighted by Gasteiger charge is -2.09. The molecule has 0 radical (unpaired) electrons. The lowest BCUT2D eigenvalue weighted by Crippen LogP contribution is -2.00. The van der Waals surface area contributed by atoms with Gasteiger partial charge < -0.3 is 10.2 Å². The normalized spacial score (nSPS) is 12.0. The molecular formula is C20H13N3O7S. The summed E-state index contributed by atoms with van der Waals surface area (Å²) >= 11 is 0. The number of phenolic OH excluding ortho intramolecular Hbond substituents is 2. The first-order chi connectivity index (χ1) is 14.7. The van der Waals surface area contributed by atoms with Gasteiger partial charge in [-0.25, -0.2) is 0 Å². The van der Waals surface area contributed by atoms with Gasteiger partial charge in [-0.05, 0) is 17.5 Å². The highest BCUT2D eigenvalue weighted by atomic mass is 32.2. The van der Waals surface area contributed by atoms with Crippen molar-refractivity contribution in [2.24, 2.45) is 10.2 Å². The molecule has 0 unspecified atom stereocenters. The molecule has 0 saturated carbocycles. The van der Waals surface area contributed by atoms with Gasteiger partial charge in [0.15, 0.2) is 5.75 Å². The number of nitro groups is 1. The van der Waals surface area contributed by atoms with Gasteiger partial charge in [-0.1, -0.05) is 30.3 Å². The maximum absolute atomic E-state index is 11.7. The van der Waals surface area contributed by atoms with Crippen LogP contribution in [-0.2, 0) is 10.1 Å². The van der Waals surface area contributed by atoms with Crippen LogP contribution in [0.5, 0.6) is 11.5 Å². The Morgan fingerprint density at radius 3 is 2.26 bits per heavy atom. The number of hydrogen-bond acceptors (Lipinski definition) is 8. The average molecular weight is 439 g/mol. The second-order valence-corrected chi connectivity index (χ2v) is 7.92. The Balaban J connectivity index is 1.93. The zero-order valence-electron chi connectivity index (χ0n) is 15.5. The van der Waals surface area contributed by atoms with E-state index in [9.17, 15) is 33.3 Å². The van der Waals surface area contributed by atoms with Crippen LogP contribution < -0.4 is 0 Å². The Labute approximate surface area is 174 Å². The third-order valence-electron chi connectivity index (χ3n) is 4.64. The van der Waals surface area contributed by atoms with Gasteiger partial charge in [0.2, 0.25) is 0 Å². The number of azo groups is 1. The summed E-state index contributed by atoms with van der Waals surface area (Å²) in [7, 11) is -4.90. The predicted molar refractivity (Wildman–Crippen MR) is 112 cm³/mol. The smallest absolute Gasteiger partial charge is 0.298 e. The molecule has 0 atom stereocenters. The lowest BCUT2D eigenvalue weighted by atomic mass is 10.1. The Morgan fingerprint density at radius 2 is 1.55 bits per heavy atom. The van der Waals surface area contributed by atoms with Crippen molar-refractivity contribution in [1.29, 1.82) is 0 Å². The monoisotopic (exact) mass is 439 g/mol. The van der Waals surface area contributed by atoms with Gasteiger partial charge in [0.25, 0.3) is 15.8 Å². The molecule has 0 heterocycles. The first-order valence-electron chi connectivity index (χ1n) is 8.71. The van der Waals surface area contributed by atoms with Crippen molar-refractivity contribution < 1.29 is 28.1 Å². The van der Waals surface area contributed by atoms with Crippen molar-refractivity contribution in [2.75, 3.05) is 0 Å². The summed E-state index contributed by atoms with van der Waals surface area (Å²) in [4.78, 5) is 9.47. The molecule has 0 aliphatic carbocycles. The molecule has 0 fully saturated rings. The summed E-state index contributed by atoms with van der Waals surface area (Å²) < 4.78 is 33.0. The second-order valence-electron chi connectivity index (χ2n) is 6.56. The fraction of sp³-hybridized carbons (Fsp3) is 0. The quantitative estimate of drug-likeness (QED) is 0.175. The third kappa shape index (κ3) is 3.63. The molecular weight excluding hydrogens is 426 g/mol. The molecule has 4 aromatic carbocycles. The van der Waals surface area contributed by atoms with Gasteiger partial charge in [-0.3, -0.25) is 14.7 Å². The van der Waals surface area contributed by atoms with E-state index in [0.29, 0.717) is 5.39 Å². The number of nitro benzene ring substituents is 1. The van der Waals surface area contributed by atoms with Gasteiger partial charge in [0.1, 0.15) is 16.3 Å². The summed E-state index contributed by atoms with van der Waals surface area (Å²) in [6.45, 7) is 0. The number of non-ortho nitro benzene ring substituents is 1. The van der Waals surface area contributed by atoms with E-state index in [1.54, 1.807) is 18.2 Å². The van der Waals surface area contributed by atoms with E-state index in [0.717, 1.165) is 23.6 Å². The first kappa shape index (κ1) is 20.2. The van der Waals surface area contributed by atoms with Crippen LogP contribution in [0.25, 0.3) is 21.5 Å². The van der Waals surface area contributed by atoms with E-state index >= 15 is 0 Å². The van der Waals surface area contributed by atoms with Crippen molar-refractivity contribution in [3.8, 4) is 11.5 Å². The lowest BCUT2D eigenvalue weighted by molar-refractivity contribution is -0.384. The summed E-state index contributed by atoms with van der Waals surface area (Å²) in [6.07, 6.45) is 0. The molecule has 4 rings (SSSR count). The van der Waals surface area contributed by atoms with Gasteiger partial charge in [-0.15, -0.1) is 10.2 Å². The Hall–Kier alpha value is -4.09. The largest absolute Gasteiger partial charge is 0.506 e. The van der Waals surface area contributed by atoms with Crippen LogP contribution in [0.1, 0.15) is 0 Å². The van der Waals surface area contributed by atoms with Crippen molar-refractivity contribution >= 4 is 48.7 Å². The summed E-state index contributed by atoms with van der Waals surface area (Å²) in [5.41, 5.74) is -0.354. The molecule has 0 bridgehead atoms. The minimum absolute atomic E-state index is 0.0256. The van der Waals surface area contributed by atoms with E-state index in [-0.39, 0.29) is 27.9 Å². The number of aromatic hydroxyl groups is 2. The molecule has 0 aromatic heterocycles. The number of nitrogens with zero attached hydrogens (tertiary/aromatic N) is 3. The molecule has 11 heteroatoms. The van der Waals surface area contributed by atoms with E-state index < -0.39 is 31.4 Å². The van der Waals surface area contributed by atoms with Crippen molar-refractivity contribution in [3.63, 3.8) is 0 Å². The molecule has 0 aliphatic heterocycles. The summed E-state index contributed by atoms with van der Waals surface area (Å²) in [5.74, 6) is -0.979. The fourth-order valence-electron chi connectivity index (χ4n) is 3.25. The number of phenols is 2. The zero-order chi connectivity index (χ0) is 22.3. The fourth-order valence-corrected chi connectivity index (χ4v) is 4.02. The minimum atomic E-state index is -4.90. The van der Waals surface area contributed by atoms with E-state index in [4.69, 9.17) is 0 Å². The standard InChI is InChI=1S/C20H13N3O7S/c24-18-10-17(22-21-16-8-5-11-3-1-2-4-13(11)19(16)25)14-7-6-12(23(26)27)9-15(14)20(18)31(28,29)30/h1-10,24-25H,(H,28,29,30). The van der Waals surface area contributed by atoms with Crippen molar-refractivity contribution in [2.45, 2.75) is 4.90 Å². The van der Waals surface area contributed by atoms with Gasteiger partial charge in [0.05, 0.1) is 10.6 Å². The minimum Gasteiger partial charge on any atom is -0.506 e. The molecule has 0 aliphatic rings. The number of rotatable bonds is 4. The molecule has 31 heavy (non-hydrogen) atoms. The molecule has 10 nitrogen and oxygen atoms in total. The number of benzene rings is 4. The number of fused-ring (bicyclic) bond motifs is 2. The Bertz CT molecular complexity index is 1510. The number of hydrogen-bond donors (Lipinski definition) is 3. The maximum Gasteiger partial charge on any atom is 0.298 e. The second kappa shape index (κ2) is 7.31. The molecule has 156 valence electrons. The molecule has 4 aromatic rings. The van der Waals surface area contributed by atoms with Crippen LogP contribution in [0.15, 0.2) is 75.8 Å². The topological polar surface area (TPSA) is 163 Å². The maximum atomic E-state index is 11.7. The highest BCUT2D eigenvalue weighted by Crippen LogP contribution is 2.41.